The minimum Gasteiger partial charge on any atom is -0.356 e. The molecule has 2 amide bonds. The van der Waals surface area contributed by atoms with Gasteiger partial charge in [0.1, 0.15) is 0 Å². The van der Waals surface area contributed by atoms with Gasteiger partial charge in [0.2, 0.25) is 5.91 Å². The van der Waals surface area contributed by atoms with Crippen molar-refractivity contribution in [1.29, 1.82) is 5.26 Å². The third-order valence-electron chi connectivity index (χ3n) is 7.18. The van der Waals surface area contributed by atoms with E-state index < -0.39 is 0 Å². The van der Waals surface area contributed by atoms with Crippen molar-refractivity contribution >= 4 is 11.8 Å². The van der Waals surface area contributed by atoms with Crippen molar-refractivity contribution in [1.82, 2.24) is 15.1 Å². The monoisotopic (exact) mass is 394 g/mol. The molecule has 4 rings (SSSR count). The Labute approximate surface area is 172 Å². The Morgan fingerprint density at radius 1 is 1.24 bits per heavy atom. The number of rotatable bonds is 3. The minimum atomic E-state index is -0.308. The van der Waals surface area contributed by atoms with E-state index in [2.05, 4.69) is 30.1 Å². The van der Waals surface area contributed by atoms with Crippen LogP contribution in [0.5, 0.6) is 0 Å². The smallest absolute Gasteiger partial charge is 0.253 e. The van der Waals surface area contributed by atoms with Crippen molar-refractivity contribution in [2.24, 2.45) is 16.7 Å². The summed E-state index contributed by atoms with van der Waals surface area (Å²) < 4.78 is 0. The number of nitrogens with zero attached hydrogens (tertiary/aromatic N) is 3. The van der Waals surface area contributed by atoms with Crippen molar-refractivity contribution in [3.05, 3.63) is 35.4 Å². The maximum absolute atomic E-state index is 13.0. The number of piperidine rings is 1. The number of fused-ring (bicyclic) bond motifs is 1. The molecule has 0 radical (unpaired) electrons. The van der Waals surface area contributed by atoms with Crippen LogP contribution in [-0.2, 0) is 4.79 Å². The van der Waals surface area contributed by atoms with Gasteiger partial charge in [0.05, 0.1) is 17.0 Å². The standard InChI is InChI=1S/C23H30N4O2/c1-17(2)14-26-15-22(23(16-26)6-9-25-21(23)29)7-10-27(11-8-22)20(28)19-5-3-4-18(12-19)13-24/h3-5,12,17H,6-11,14-16H2,1-2H3,(H,25,29). The van der Waals surface area contributed by atoms with Crippen LogP contribution in [0, 0.1) is 28.1 Å². The molecule has 3 saturated heterocycles. The fraction of sp³-hybridized carbons (Fsp3) is 0.609. The molecule has 3 fully saturated rings. The van der Waals surface area contributed by atoms with Gasteiger partial charge in [0.25, 0.3) is 5.91 Å². The summed E-state index contributed by atoms with van der Waals surface area (Å²) in [5.41, 5.74) is 0.720. The average Bonchev–Trinajstić information content (AvgIpc) is 3.22. The molecule has 0 aromatic heterocycles. The lowest BCUT2D eigenvalue weighted by molar-refractivity contribution is -0.133. The van der Waals surface area contributed by atoms with E-state index >= 15 is 0 Å². The van der Waals surface area contributed by atoms with E-state index in [-0.39, 0.29) is 22.6 Å². The minimum absolute atomic E-state index is 0.0149. The van der Waals surface area contributed by atoms with E-state index in [0.29, 0.717) is 30.1 Å². The lowest BCUT2D eigenvalue weighted by atomic mass is 9.60. The third kappa shape index (κ3) is 3.32. The number of nitrogens with one attached hydrogen (secondary N) is 1. The summed E-state index contributed by atoms with van der Waals surface area (Å²) in [5.74, 6) is 0.768. The molecule has 6 heteroatoms. The molecule has 6 nitrogen and oxygen atoms in total. The maximum atomic E-state index is 13.0. The van der Waals surface area contributed by atoms with E-state index in [0.717, 1.165) is 45.4 Å². The Balaban J connectivity index is 1.52. The molecule has 0 saturated carbocycles. The van der Waals surface area contributed by atoms with Gasteiger partial charge in [-0.2, -0.15) is 5.26 Å². The lowest BCUT2D eigenvalue weighted by Gasteiger charge is -2.46. The second-order valence-electron chi connectivity index (χ2n) is 9.42. The molecule has 154 valence electrons. The number of hydrogen-bond donors (Lipinski definition) is 1. The zero-order chi connectivity index (χ0) is 20.6. The van der Waals surface area contributed by atoms with E-state index in [1.807, 2.05) is 4.90 Å². The third-order valence-corrected chi connectivity index (χ3v) is 7.18. The van der Waals surface area contributed by atoms with Gasteiger partial charge >= 0.3 is 0 Å². The molecular formula is C23H30N4O2. The first-order valence-electron chi connectivity index (χ1n) is 10.7. The number of benzene rings is 1. The molecule has 1 aromatic carbocycles. The highest BCUT2D eigenvalue weighted by molar-refractivity contribution is 5.94. The molecule has 3 aliphatic heterocycles. The Morgan fingerprint density at radius 2 is 2.00 bits per heavy atom. The van der Waals surface area contributed by atoms with Crippen molar-refractivity contribution in [2.75, 3.05) is 39.3 Å². The Hall–Kier alpha value is -2.39. The van der Waals surface area contributed by atoms with Crippen LogP contribution in [0.15, 0.2) is 24.3 Å². The predicted octanol–water partition coefficient (Wildman–Crippen LogP) is 2.26. The summed E-state index contributed by atoms with van der Waals surface area (Å²) in [4.78, 5) is 30.3. The van der Waals surface area contributed by atoms with Crippen LogP contribution >= 0.6 is 0 Å². The van der Waals surface area contributed by atoms with Crippen molar-refractivity contribution in [2.45, 2.75) is 33.1 Å². The number of nitriles is 1. The second-order valence-corrected chi connectivity index (χ2v) is 9.42. The van der Waals surface area contributed by atoms with Crippen LogP contribution in [-0.4, -0.2) is 60.9 Å². The highest BCUT2D eigenvalue weighted by Crippen LogP contribution is 2.56. The summed E-state index contributed by atoms with van der Waals surface area (Å²) in [6, 6.07) is 9.02. The van der Waals surface area contributed by atoms with E-state index in [1.165, 1.54) is 0 Å². The number of likely N-dealkylation sites (tertiary alicyclic amines) is 2. The van der Waals surface area contributed by atoms with Gasteiger partial charge < -0.3 is 15.1 Å². The normalized spacial score (nSPS) is 26.3. The summed E-state index contributed by atoms with van der Waals surface area (Å²) in [5, 5.41) is 12.2. The first-order valence-corrected chi connectivity index (χ1v) is 10.7. The van der Waals surface area contributed by atoms with Crippen LogP contribution < -0.4 is 5.32 Å². The number of carbonyl (C=O) groups is 2. The molecule has 0 aliphatic carbocycles. The van der Waals surface area contributed by atoms with Crippen LogP contribution in [0.3, 0.4) is 0 Å². The van der Waals surface area contributed by atoms with E-state index in [4.69, 9.17) is 5.26 Å². The summed E-state index contributed by atoms with van der Waals surface area (Å²) in [7, 11) is 0. The predicted molar refractivity (Wildman–Crippen MR) is 110 cm³/mol. The Kier molecular flexibility index (Phi) is 5.12. The van der Waals surface area contributed by atoms with Gasteiger partial charge in [-0.3, -0.25) is 9.59 Å². The fourth-order valence-corrected chi connectivity index (χ4v) is 5.84. The van der Waals surface area contributed by atoms with Crippen LogP contribution in [0.25, 0.3) is 0 Å². The molecule has 3 heterocycles. The zero-order valence-electron chi connectivity index (χ0n) is 17.4. The first kappa shape index (κ1) is 19.9. The largest absolute Gasteiger partial charge is 0.356 e. The highest BCUT2D eigenvalue weighted by atomic mass is 16.2. The number of hydrogen-bond acceptors (Lipinski definition) is 4. The van der Waals surface area contributed by atoms with Gasteiger partial charge in [-0.05, 0) is 43.4 Å². The van der Waals surface area contributed by atoms with Gasteiger partial charge in [0, 0.05) is 50.2 Å². The zero-order valence-corrected chi connectivity index (χ0v) is 17.4. The molecular weight excluding hydrogens is 364 g/mol. The van der Waals surface area contributed by atoms with Crippen molar-refractivity contribution < 1.29 is 9.59 Å². The lowest BCUT2D eigenvalue weighted by Crippen LogP contribution is -2.53. The summed E-state index contributed by atoms with van der Waals surface area (Å²) in [6.07, 6.45) is 2.62. The highest BCUT2D eigenvalue weighted by Gasteiger charge is 2.63. The number of carbonyl (C=O) groups excluding carboxylic acids is 2. The second kappa shape index (κ2) is 7.46. The van der Waals surface area contributed by atoms with Gasteiger partial charge in [-0.15, -0.1) is 0 Å². The Morgan fingerprint density at radius 3 is 2.62 bits per heavy atom. The van der Waals surface area contributed by atoms with Gasteiger partial charge in [-0.1, -0.05) is 19.9 Å². The molecule has 1 atom stereocenters. The topological polar surface area (TPSA) is 76.4 Å². The average molecular weight is 395 g/mol. The van der Waals surface area contributed by atoms with Crippen LogP contribution in [0.2, 0.25) is 0 Å². The van der Waals surface area contributed by atoms with Gasteiger partial charge in [0.15, 0.2) is 0 Å². The van der Waals surface area contributed by atoms with E-state index in [1.54, 1.807) is 24.3 Å². The van der Waals surface area contributed by atoms with Crippen molar-refractivity contribution in [3.63, 3.8) is 0 Å². The summed E-state index contributed by atoms with van der Waals surface area (Å²) >= 11 is 0. The molecule has 1 N–H and O–H groups in total. The van der Waals surface area contributed by atoms with Gasteiger partial charge in [-0.25, -0.2) is 0 Å². The maximum Gasteiger partial charge on any atom is 0.253 e. The van der Waals surface area contributed by atoms with E-state index in [9.17, 15) is 9.59 Å². The molecule has 3 aliphatic rings. The van der Waals surface area contributed by atoms with Crippen LogP contribution in [0.4, 0.5) is 0 Å². The first-order chi connectivity index (χ1) is 13.9. The quantitative estimate of drug-likeness (QED) is 0.853. The van der Waals surface area contributed by atoms with Crippen molar-refractivity contribution in [3.8, 4) is 6.07 Å². The molecule has 0 bridgehead atoms. The molecule has 2 spiro atoms. The molecule has 1 unspecified atom stereocenters. The summed E-state index contributed by atoms with van der Waals surface area (Å²) in [6.45, 7) is 9.35. The fourth-order valence-electron chi connectivity index (χ4n) is 5.84. The SMILES string of the molecule is CC(C)CN1CC2(CCN(C(=O)c3cccc(C#N)c3)CC2)C2(CCNC2=O)C1. The van der Waals surface area contributed by atoms with Crippen LogP contribution in [0.1, 0.15) is 49.0 Å². The number of amides is 2. The Bertz CT molecular complexity index is 851. The molecule has 29 heavy (non-hydrogen) atoms. The molecule has 1 aromatic rings.